The molecule has 0 saturated heterocycles. The van der Waals surface area contributed by atoms with Crippen molar-refractivity contribution in [2.45, 2.75) is 12.8 Å². The average molecular weight is 443 g/mol. The van der Waals surface area contributed by atoms with Gasteiger partial charge in [0.05, 0.1) is 39.1 Å². The first kappa shape index (κ1) is 19.5. The number of sulfonamides is 1. The molecule has 0 amide bonds. The molecule has 9 nitrogen and oxygen atoms in total. The highest BCUT2D eigenvalue weighted by atomic mass is 127. The molecule has 12 heteroatoms. The van der Waals surface area contributed by atoms with Gasteiger partial charge in [0.15, 0.2) is 6.61 Å². The highest BCUT2D eigenvalue weighted by Gasteiger charge is 2.14. The van der Waals surface area contributed by atoms with Crippen molar-refractivity contribution in [2.24, 2.45) is 0 Å². The fourth-order valence-electron chi connectivity index (χ4n) is 1.02. The van der Waals surface area contributed by atoms with Gasteiger partial charge in [-0.2, -0.15) is 0 Å². The van der Waals surface area contributed by atoms with Gasteiger partial charge in [-0.05, 0) is 6.42 Å². The minimum absolute atomic E-state index is 0.0515. The zero-order valence-electron chi connectivity index (χ0n) is 10.2. The number of carboxylic acids is 1. The third kappa shape index (κ3) is 12.6. The van der Waals surface area contributed by atoms with Gasteiger partial charge >= 0.3 is 11.9 Å². The zero-order valence-corrected chi connectivity index (χ0v) is 14.0. The van der Waals surface area contributed by atoms with E-state index in [4.69, 9.17) is 5.11 Å². The van der Waals surface area contributed by atoms with Crippen LogP contribution >= 0.6 is 21.2 Å². The van der Waals surface area contributed by atoms with Crippen LogP contribution in [0.5, 0.6) is 0 Å². The Morgan fingerprint density at radius 1 is 1.15 bits per heavy atom. The van der Waals surface area contributed by atoms with Gasteiger partial charge in [-0.15, -0.1) is 0 Å². The molecule has 0 aromatic heterocycles. The Kier molecular flexibility index (Phi) is 8.53. The van der Waals surface area contributed by atoms with Crippen LogP contribution in [0.25, 0.3) is 0 Å². The van der Waals surface area contributed by atoms with Gasteiger partial charge in [0.25, 0.3) is 0 Å². The van der Waals surface area contributed by atoms with Crippen LogP contribution in [0.4, 0.5) is 0 Å². The molecule has 0 aromatic rings. The number of hydrogen-bond acceptors (Lipinski definition) is 7. The number of rotatable bonds is 10. The van der Waals surface area contributed by atoms with Crippen LogP contribution in [-0.4, -0.2) is 58.5 Å². The van der Waals surface area contributed by atoms with E-state index < -0.39 is 35.6 Å². The molecule has 0 aliphatic rings. The second kappa shape index (κ2) is 8.74. The molecule has 0 heterocycles. The molecule has 0 aromatic carbocycles. The van der Waals surface area contributed by atoms with E-state index in [-0.39, 0.29) is 30.9 Å². The molecule has 2 N–H and O–H groups in total. The van der Waals surface area contributed by atoms with Gasteiger partial charge in [-0.3, -0.25) is 4.79 Å². The monoisotopic (exact) mass is 443 g/mol. The summed E-state index contributed by atoms with van der Waals surface area (Å²) < 4.78 is 50.8. The highest BCUT2D eigenvalue weighted by molar-refractivity contribution is 14.2. The summed E-state index contributed by atoms with van der Waals surface area (Å²) in [5.74, 6) is -2.78. The van der Waals surface area contributed by atoms with Crippen molar-refractivity contribution < 1.29 is 36.3 Å². The fourth-order valence-corrected chi connectivity index (χ4v) is 3.70. The smallest absolute Gasteiger partial charge is 0.341 e. The van der Waals surface area contributed by atoms with Crippen molar-refractivity contribution in [3.05, 3.63) is 0 Å². The number of carboxylic acid groups (broad SMARTS) is 1. The second-order valence-corrected chi connectivity index (χ2v) is 11.1. The normalized spacial score (nSPS) is 12.1. The fraction of sp³-hybridized carbons (Fsp3) is 0.750. The van der Waals surface area contributed by atoms with E-state index in [2.05, 4.69) is 9.46 Å². The van der Waals surface area contributed by atoms with Gasteiger partial charge in [0.2, 0.25) is 17.0 Å². The van der Waals surface area contributed by atoms with E-state index in [1.54, 1.807) is 0 Å². The van der Waals surface area contributed by atoms with E-state index in [9.17, 15) is 26.4 Å². The minimum Gasteiger partial charge on any atom is -0.479 e. The molecule has 0 aliphatic heterocycles. The summed E-state index contributed by atoms with van der Waals surface area (Å²) >= 11 is 1.23. The summed E-state index contributed by atoms with van der Waals surface area (Å²) in [7, 11) is -6.92. The van der Waals surface area contributed by atoms with Gasteiger partial charge in [-0.25, -0.2) is 26.4 Å². The van der Waals surface area contributed by atoms with E-state index in [1.807, 2.05) is 0 Å². The van der Waals surface area contributed by atoms with Gasteiger partial charge in [0.1, 0.15) is 0 Å². The summed E-state index contributed by atoms with van der Waals surface area (Å²) in [6, 6.07) is 0. The molecule has 118 valence electrons. The number of carbonyl (C=O) groups excluding carboxylic acids is 1. The highest BCUT2D eigenvalue weighted by Crippen LogP contribution is 2.04. The van der Waals surface area contributed by atoms with Crippen LogP contribution in [0.3, 0.4) is 0 Å². The molecule has 0 unspecified atom stereocenters. The van der Waals surface area contributed by atoms with Crippen molar-refractivity contribution in [1.82, 2.24) is 4.72 Å². The Morgan fingerprint density at radius 2 is 1.75 bits per heavy atom. The first-order valence-corrected chi connectivity index (χ1v) is 11.1. The summed E-state index contributed by atoms with van der Waals surface area (Å²) in [5, 5.41) is 8.24. The van der Waals surface area contributed by atoms with Crippen molar-refractivity contribution in [2.75, 3.05) is 24.7 Å². The Labute approximate surface area is 128 Å². The number of esters is 1. The van der Waals surface area contributed by atoms with E-state index in [0.29, 0.717) is 0 Å². The van der Waals surface area contributed by atoms with E-state index in [1.165, 1.54) is 21.2 Å². The van der Waals surface area contributed by atoms with Gasteiger partial charge in [-0.1, -0.05) is 0 Å². The van der Waals surface area contributed by atoms with Crippen LogP contribution in [0.2, 0.25) is 0 Å². The van der Waals surface area contributed by atoms with Crippen molar-refractivity contribution >= 4 is 50.2 Å². The molecular weight excluding hydrogens is 429 g/mol. The predicted molar refractivity (Wildman–Crippen MR) is 77.4 cm³/mol. The third-order valence-electron chi connectivity index (χ3n) is 1.81. The van der Waals surface area contributed by atoms with Crippen LogP contribution in [-0.2, 0) is 31.4 Å². The number of aliphatic carboxylic acids is 1. The quantitative estimate of drug-likeness (QED) is 0.251. The standard InChI is InChI=1S/C8H14INO8S2/c9-19(14,15)4-1-5-20(16,17)10-3-2-8(13)18-6-7(11)12/h10H,1-6H2,(H,11,12). The minimum atomic E-state index is -3.67. The van der Waals surface area contributed by atoms with Crippen LogP contribution in [0, 0.1) is 0 Å². The largest absolute Gasteiger partial charge is 0.479 e. The lowest BCUT2D eigenvalue weighted by Gasteiger charge is -2.06. The molecule has 0 aliphatic carbocycles. The number of ether oxygens (including phenoxy) is 1. The van der Waals surface area contributed by atoms with Gasteiger partial charge < -0.3 is 9.84 Å². The number of carbonyl (C=O) groups is 2. The lowest BCUT2D eigenvalue weighted by atomic mass is 10.4. The summed E-state index contributed by atoms with van der Waals surface area (Å²) in [6.07, 6.45) is -0.360. The summed E-state index contributed by atoms with van der Waals surface area (Å²) in [4.78, 5) is 21.1. The van der Waals surface area contributed by atoms with Crippen molar-refractivity contribution in [3.63, 3.8) is 0 Å². The number of nitrogens with one attached hydrogen (secondary N) is 1. The van der Waals surface area contributed by atoms with Crippen LogP contribution in [0.15, 0.2) is 0 Å². The summed E-state index contributed by atoms with van der Waals surface area (Å²) in [6.45, 7) is -1.02. The average Bonchev–Trinajstić information content (AvgIpc) is 2.23. The molecule has 0 saturated carbocycles. The Bertz CT molecular complexity index is 541. The zero-order chi connectivity index (χ0) is 15.8. The molecule has 0 radical (unpaired) electrons. The lowest BCUT2D eigenvalue weighted by Crippen LogP contribution is -2.29. The Balaban J connectivity index is 3.93. The maximum Gasteiger partial charge on any atom is 0.341 e. The Morgan fingerprint density at radius 3 is 2.25 bits per heavy atom. The molecular formula is C8H14INO8S2. The number of halogens is 1. The Hall–Kier alpha value is -0.470. The van der Waals surface area contributed by atoms with E-state index >= 15 is 0 Å². The van der Waals surface area contributed by atoms with Gasteiger partial charge in [0, 0.05) is 6.54 Å². The molecule has 0 atom stereocenters. The second-order valence-electron chi connectivity index (χ2n) is 3.61. The molecule has 0 rings (SSSR count). The number of hydrogen-bond donors (Lipinski definition) is 2. The maximum absolute atomic E-state index is 11.4. The first-order valence-electron chi connectivity index (χ1n) is 5.29. The van der Waals surface area contributed by atoms with Crippen LogP contribution < -0.4 is 4.72 Å². The van der Waals surface area contributed by atoms with Crippen molar-refractivity contribution in [3.8, 4) is 0 Å². The topological polar surface area (TPSA) is 144 Å². The molecule has 0 spiro atoms. The predicted octanol–water partition coefficient (Wildman–Crippen LogP) is -0.921. The SMILES string of the molecule is O=C(O)COC(=O)CCNS(=O)(=O)CCCS(=O)(=O)I. The molecule has 20 heavy (non-hydrogen) atoms. The molecule has 0 fully saturated rings. The maximum atomic E-state index is 11.4. The third-order valence-corrected chi connectivity index (χ3v) is 5.38. The van der Waals surface area contributed by atoms with E-state index in [0.717, 1.165) is 0 Å². The first-order chi connectivity index (χ1) is 9.02. The van der Waals surface area contributed by atoms with Crippen LogP contribution in [0.1, 0.15) is 12.8 Å². The lowest BCUT2D eigenvalue weighted by molar-refractivity contribution is -0.154. The van der Waals surface area contributed by atoms with Crippen molar-refractivity contribution in [1.29, 1.82) is 0 Å². The summed E-state index contributed by atoms with van der Waals surface area (Å²) in [5.41, 5.74) is 0. The molecule has 0 bridgehead atoms.